The van der Waals surface area contributed by atoms with Crippen LogP contribution in [0.25, 0.3) is 0 Å². The van der Waals surface area contributed by atoms with Crippen molar-refractivity contribution in [1.82, 2.24) is 14.6 Å². The van der Waals surface area contributed by atoms with Gasteiger partial charge in [0.05, 0.1) is 18.9 Å². The zero-order valence-electron chi connectivity index (χ0n) is 18.2. The number of rotatable bonds is 10. The molecule has 0 aliphatic heterocycles. The minimum atomic E-state index is -1.38. The number of alkyl halides is 1. The quantitative estimate of drug-likeness (QED) is 0.281. The Balaban J connectivity index is 2.30. The highest BCUT2D eigenvalue weighted by Crippen LogP contribution is 2.22. The van der Waals surface area contributed by atoms with E-state index in [2.05, 4.69) is 5.32 Å². The van der Waals surface area contributed by atoms with Gasteiger partial charge >= 0.3 is 5.69 Å². The molecule has 3 N–H and O–H groups in total. The minimum Gasteiger partial charge on any atom is -0.366 e. The van der Waals surface area contributed by atoms with E-state index in [-0.39, 0.29) is 18.9 Å². The molecule has 0 radical (unpaired) electrons. The number of carbonyl (C=O) groups excluding carboxylic acids is 1. The molecule has 0 spiro atoms. The summed E-state index contributed by atoms with van der Waals surface area (Å²) in [6.45, 7) is 3.30. The maximum absolute atomic E-state index is 14.3. The molecule has 0 unspecified atom stereocenters. The molecule has 2 aromatic rings. The van der Waals surface area contributed by atoms with Gasteiger partial charge in [0, 0.05) is 7.05 Å². The summed E-state index contributed by atoms with van der Waals surface area (Å²) in [6.07, 6.45) is 0.298. The molecular weight excluding hydrogens is 430 g/mol. The number of hydroxylamine groups is 1. The summed E-state index contributed by atoms with van der Waals surface area (Å²) >= 11 is 0. The van der Waals surface area contributed by atoms with Crippen molar-refractivity contribution in [2.45, 2.75) is 39.8 Å². The average molecular weight is 456 g/mol. The van der Waals surface area contributed by atoms with Crippen molar-refractivity contribution in [3.05, 3.63) is 56.0 Å². The number of aryl methyl sites for hydroxylation is 1. The summed E-state index contributed by atoms with van der Waals surface area (Å²) in [4.78, 5) is 42.6. The van der Waals surface area contributed by atoms with Gasteiger partial charge in [0.15, 0.2) is 12.6 Å². The van der Waals surface area contributed by atoms with Crippen molar-refractivity contribution in [3.8, 4) is 0 Å². The maximum atomic E-state index is 14.3. The van der Waals surface area contributed by atoms with Crippen LogP contribution in [0.5, 0.6) is 0 Å². The first-order chi connectivity index (χ1) is 15.0. The van der Waals surface area contributed by atoms with Gasteiger partial charge in [-0.25, -0.2) is 23.6 Å². The highest BCUT2D eigenvalue weighted by atomic mass is 19.1. The molecule has 0 aliphatic carbocycles. The van der Waals surface area contributed by atoms with Gasteiger partial charge in [-0.3, -0.25) is 19.0 Å². The van der Waals surface area contributed by atoms with Gasteiger partial charge in [-0.15, -0.1) is 0 Å². The highest BCUT2D eigenvalue weighted by molar-refractivity contribution is 5.98. The van der Waals surface area contributed by atoms with Crippen LogP contribution in [-0.4, -0.2) is 39.1 Å². The van der Waals surface area contributed by atoms with Crippen LogP contribution < -0.4 is 22.0 Å². The summed E-state index contributed by atoms with van der Waals surface area (Å²) in [6, 6.07) is 4.08. The van der Waals surface area contributed by atoms with Crippen LogP contribution in [0.1, 0.15) is 36.2 Å². The van der Waals surface area contributed by atoms with Crippen LogP contribution in [0.3, 0.4) is 0 Å². The smallest absolute Gasteiger partial charge is 0.334 e. The SMILES string of the molecule is Cc1ccc(Nc2c(C(=O)NOCCCOC(C)(C)O)c(=O)n(C)c(=O)n2CF)c(F)c1. The summed E-state index contributed by atoms with van der Waals surface area (Å²) in [5.74, 6) is -3.62. The van der Waals surface area contributed by atoms with E-state index in [0.29, 0.717) is 21.1 Å². The summed E-state index contributed by atoms with van der Waals surface area (Å²) in [7, 11) is 1.08. The number of amides is 1. The van der Waals surface area contributed by atoms with Crippen molar-refractivity contribution >= 4 is 17.4 Å². The van der Waals surface area contributed by atoms with Crippen LogP contribution in [0.2, 0.25) is 0 Å². The van der Waals surface area contributed by atoms with Crippen LogP contribution in [0, 0.1) is 12.7 Å². The third-order valence-corrected chi connectivity index (χ3v) is 4.28. The molecule has 1 amide bonds. The van der Waals surface area contributed by atoms with Crippen molar-refractivity contribution < 1.29 is 28.3 Å². The molecule has 0 bridgehead atoms. The third-order valence-electron chi connectivity index (χ3n) is 4.28. The molecule has 2 rings (SSSR count). The number of hydrogen-bond acceptors (Lipinski definition) is 7. The molecule has 32 heavy (non-hydrogen) atoms. The highest BCUT2D eigenvalue weighted by Gasteiger charge is 2.24. The largest absolute Gasteiger partial charge is 0.366 e. The zero-order chi connectivity index (χ0) is 24.1. The van der Waals surface area contributed by atoms with E-state index in [4.69, 9.17) is 9.57 Å². The molecule has 1 aromatic carbocycles. The van der Waals surface area contributed by atoms with E-state index in [1.165, 1.54) is 26.0 Å². The lowest BCUT2D eigenvalue weighted by Gasteiger charge is -2.18. The van der Waals surface area contributed by atoms with Gasteiger partial charge in [0.25, 0.3) is 11.5 Å². The Morgan fingerprint density at radius 1 is 1.25 bits per heavy atom. The van der Waals surface area contributed by atoms with E-state index >= 15 is 0 Å². The fourth-order valence-corrected chi connectivity index (χ4v) is 2.68. The minimum absolute atomic E-state index is 0.0275. The number of aromatic nitrogens is 2. The number of aliphatic hydroxyl groups is 1. The van der Waals surface area contributed by atoms with Crippen LogP contribution in [0.4, 0.5) is 20.3 Å². The van der Waals surface area contributed by atoms with Crippen molar-refractivity contribution in [2.75, 3.05) is 18.5 Å². The Morgan fingerprint density at radius 2 is 1.94 bits per heavy atom. The Kier molecular flexibility index (Phi) is 8.25. The molecule has 0 saturated heterocycles. The summed E-state index contributed by atoms with van der Waals surface area (Å²) < 4.78 is 34.1. The van der Waals surface area contributed by atoms with E-state index in [1.54, 1.807) is 13.0 Å². The van der Waals surface area contributed by atoms with Gasteiger partial charge in [0.1, 0.15) is 17.2 Å². The average Bonchev–Trinajstić information content (AvgIpc) is 2.70. The first-order valence-corrected chi connectivity index (χ1v) is 9.67. The second-order valence-corrected chi connectivity index (χ2v) is 7.45. The number of carbonyl (C=O) groups is 1. The van der Waals surface area contributed by atoms with Gasteiger partial charge in [0.2, 0.25) is 0 Å². The van der Waals surface area contributed by atoms with Gasteiger partial charge < -0.3 is 15.2 Å². The van der Waals surface area contributed by atoms with Gasteiger partial charge in [-0.2, -0.15) is 0 Å². The molecule has 0 fully saturated rings. The fraction of sp³-hybridized carbons (Fsp3) is 0.450. The first kappa shape index (κ1) is 25.2. The van der Waals surface area contributed by atoms with Crippen molar-refractivity contribution in [1.29, 1.82) is 0 Å². The molecule has 0 saturated carbocycles. The monoisotopic (exact) mass is 456 g/mol. The molecule has 176 valence electrons. The van der Waals surface area contributed by atoms with Crippen LogP contribution >= 0.6 is 0 Å². The Labute approximate surface area is 182 Å². The van der Waals surface area contributed by atoms with Crippen LogP contribution in [0.15, 0.2) is 27.8 Å². The molecule has 10 nitrogen and oxygen atoms in total. The zero-order valence-corrected chi connectivity index (χ0v) is 18.2. The van der Waals surface area contributed by atoms with E-state index in [9.17, 15) is 28.3 Å². The number of halogens is 2. The number of nitrogens with one attached hydrogen (secondary N) is 2. The van der Waals surface area contributed by atoms with E-state index in [0.717, 1.165) is 7.05 Å². The lowest BCUT2D eigenvalue weighted by Crippen LogP contribution is -2.44. The number of anilines is 2. The Bertz CT molecular complexity index is 1090. The normalized spacial score (nSPS) is 11.5. The molecule has 0 aliphatic rings. The first-order valence-electron chi connectivity index (χ1n) is 9.67. The van der Waals surface area contributed by atoms with Crippen LogP contribution in [-0.2, 0) is 23.4 Å². The molecule has 0 atom stereocenters. The second kappa shape index (κ2) is 10.5. The van der Waals surface area contributed by atoms with Crippen molar-refractivity contribution in [3.63, 3.8) is 0 Å². The Morgan fingerprint density at radius 3 is 2.53 bits per heavy atom. The molecular formula is C20H26F2N4O6. The summed E-state index contributed by atoms with van der Waals surface area (Å²) in [5.41, 5.74) is -0.210. The molecule has 1 aromatic heterocycles. The summed E-state index contributed by atoms with van der Waals surface area (Å²) in [5, 5.41) is 11.9. The predicted octanol–water partition coefficient (Wildman–Crippen LogP) is 1.46. The lowest BCUT2D eigenvalue weighted by atomic mass is 10.2. The molecule has 1 heterocycles. The predicted molar refractivity (Wildman–Crippen MR) is 112 cm³/mol. The fourth-order valence-electron chi connectivity index (χ4n) is 2.68. The van der Waals surface area contributed by atoms with Gasteiger partial charge in [-0.1, -0.05) is 6.07 Å². The second-order valence-electron chi connectivity index (χ2n) is 7.45. The third kappa shape index (κ3) is 6.22. The van der Waals surface area contributed by atoms with E-state index in [1.807, 2.05) is 5.48 Å². The standard InChI is InChI=1S/C20H26F2N4O6/c1-12-6-7-14(13(22)10-12)23-16-15(18(28)25(4)19(29)26(16)11-21)17(27)24-32-9-5-8-31-20(2,3)30/h6-7,10,23,30H,5,8-9,11H2,1-4H3,(H,24,27). The Hall–Kier alpha value is -3.09. The van der Waals surface area contributed by atoms with Gasteiger partial charge in [-0.05, 0) is 44.9 Å². The molecule has 12 heteroatoms. The van der Waals surface area contributed by atoms with Crippen molar-refractivity contribution in [2.24, 2.45) is 7.05 Å². The topological polar surface area (TPSA) is 124 Å². The number of nitrogens with zero attached hydrogens (tertiary/aromatic N) is 2. The van der Waals surface area contributed by atoms with E-state index < -0.39 is 46.9 Å². The number of hydrogen-bond donors (Lipinski definition) is 3. The lowest BCUT2D eigenvalue weighted by molar-refractivity contribution is -0.178. The maximum Gasteiger partial charge on any atom is 0.334 e. The number of benzene rings is 1. The number of ether oxygens (including phenoxy) is 1.